The molecule has 0 nitrogen and oxygen atoms in total. The summed E-state index contributed by atoms with van der Waals surface area (Å²) in [4.78, 5) is 0. The first-order chi connectivity index (χ1) is 9.92. The highest BCUT2D eigenvalue weighted by Crippen LogP contribution is 2.30. The van der Waals surface area contributed by atoms with Crippen molar-refractivity contribution in [3.63, 3.8) is 0 Å². The van der Waals surface area contributed by atoms with Crippen LogP contribution in [0.1, 0.15) is 0 Å². The summed E-state index contributed by atoms with van der Waals surface area (Å²) in [7, 11) is 0. The Balaban J connectivity index is 2.36. The molecule has 0 unspecified atom stereocenters. The highest BCUT2D eigenvalue weighted by Gasteiger charge is 2.07. The SMILES string of the molecule is c1cc2cc3cccc4c3=c2c(c1)cc1ccccc14. The molecule has 0 atom stereocenters. The van der Waals surface area contributed by atoms with Crippen LogP contribution in [0.25, 0.3) is 32.3 Å². The lowest BCUT2D eigenvalue weighted by atomic mass is 10.1. The van der Waals surface area contributed by atoms with E-state index in [9.17, 15) is 0 Å². The third-order valence-corrected chi connectivity index (χ3v) is 4.35. The van der Waals surface area contributed by atoms with E-state index in [2.05, 4.69) is 72.8 Å². The maximum absolute atomic E-state index is 2.32. The number of hydrogen-bond acceptors (Lipinski definition) is 0. The fourth-order valence-corrected chi connectivity index (χ4v) is 3.52. The molecule has 3 aromatic rings. The van der Waals surface area contributed by atoms with E-state index in [1.807, 2.05) is 0 Å². The van der Waals surface area contributed by atoms with Gasteiger partial charge in [0, 0.05) is 0 Å². The summed E-state index contributed by atoms with van der Waals surface area (Å²) < 4.78 is 0. The van der Waals surface area contributed by atoms with Crippen LogP contribution in [0.3, 0.4) is 0 Å². The number of rotatable bonds is 0. The molecule has 5 rings (SSSR count). The fourth-order valence-electron chi connectivity index (χ4n) is 3.52. The van der Waals surface area contributed by atoms with Crippen LogP contribution >= 0.6 is 0 Å². The van der Waals surface area contributed by atoms with Gasteiger partial charge in [0.1, 0.15) is 0 Å². The van der Waals surface area contributed by atoms with Crippen LogP contribution in [-0.4, -0.2) is 0 Å². The molecule has 2 aliphatic rings. The Morgan fingerprint density at radius 1 is 0.400 bits per heavy atom. The zero-order chi connectivity index (χ0) is 13.1. The van der Waals surface area contributed by atoms with Crippen molar-refractivity contribution in [2.45, 2.75) is 0 Å². The van der Waals surface area contributed by atoms with Crippen molar-refractivity contribution in [2.24, 2.45) is 0 Å². The van der Waals surface area contributed by atoms with Crippen molar-refractivity contribution in [1.29, 1.82) is 0 Å². The van der Waals surface area contributed by atoms with Crippen LogP contribution in [0.5, 0.6) is 0 Å². The van der Waals surface area contributed by atoms with Crippen LogP contribution in [0.2, 0.25) is 0 Å². The Morgan fingerprint density at radius 2 is 0.950 bits per heavy atom. The Morgan fingerprint density at radius 3 is 1.80 bits per heavy atom. The van der Waals surface area contributed by atoms with Gasteiger partial charge in [0.05, 0.1) is 0 Å². The van der Waals surface area contributed by atoms with Crippen LogP contribution in [0, 0.1) is 10.4 Å². The first kappa shape index (κ1) is 10.2. The first-order valence-corrected chi connectivity index (χ1v) is 6.97. The molecule has 0 fully saturated rings. The highest BCUT2D eigenvalue weighted by atomic mass is 14.1. The third-order valence-electron chi connectivity index (χ3n) is 4.35. The smallest absolute Gasteiger partial charge is 0.00204 e. The predicted molar refractivity (Wildman–Crippen MR) is 85.4 cm³/mol. The summed E-state index contributed by atoms with van der Waals surface area (Å²) in [5.41, 5.74) is 0. The monoisotopic (exact) mass is 252 g/mol. The molecular formula is C20H12. The quantitative estimate of drug-likeness (QED) is 0.350. The van der Waals surface area contributed by atoms with Crippen molar-refractivity contribution in [1.82, 2.24) is 0 Å². The van der Waals surface area contributed by atoms with E-state index < -0.39 is 0 Å². The van der Waals surface area contributed by atoms with Gasteiger partial charge >= 0.3 is 0 Å². The average molecular weight is 252 g/mol. The van der Waals surface area contributed by atoms with Crippen molar-refractivity contribution in [3.8, 4) is 0 Å². The highest BCUT2D eigenvalue weighted by molar-refractivity contribution is 6.03. The van der Waals surface area contributed by atoms with E-state index >= 15 is 0 Å². The Labute approximate surface area is 116 Å². The second-order valence-corrected chi connectivity index (χ2v) is 5.46. The molecule has 2 aliphatic carbocycles. The minimum Gasteiger partial charge on any atom is -0.0616 e. The van der Waals surface area contributed by atoms with Crippen molar-refractivity contribution >= 4 is 32.3 Å². The molecule has 0 aliphatic heterocycles. The van der Waals surface area contributed by atoms with E-state index in [0.717, 1.165) is 0 Å². The summed E-state index contributed by atoms with van der Waals surface area (Å²) in [5.74, 6) is 0. The molecule has 0 N–H and O–H groups in total. The predicted octanol–water partition coefficient (Wildman–Crippen LogP) is 5.31. The summed E-state index contributed by atoms with van der Waals surface area (Å²) in [6.07, 6.45) is 0. The topological polar surface area (TPSA) is 0 Å². The molecule has 0 heteroatoms. The lowest BCUT2D eigenvalue weighted by Crippen LogP contribution is -1.73. The van der Waals surface area contributed by atoms with Gasteiger partial charge in [-0.25, -0.2) is 0 Å². The van der Waals surface area contributed by atoms with Crippen molar-refractivity contribution in [3.05, 3.63) is 83.2 Å². The standard InChI is InChI=1S/C20H12/c1-2-9-17-13(5-1)11-14-6-3-7-15-12-16-8-4-10-18(17)20(16)19(14)15/h1-12H. The van der Waals surface area contributed by atoms with Gasteiger partial charge in [-0.15, -0.1) is 0 Å². The van der Waals surface area contributed by atoms with Crippen LogP contribution < -0.4 is 0 Å². The first-order valence-electron chi connectivity index (χ1n) is 6.97. The van der Waals surface area contributed by atoms with Gasteiger partial charge in [-0.2, -0.15) is 0 Å². The van der Waals surface area contributed by atoms with Gasteiger partial charge in [-0.3, -0.25) is 0 Å². The Hall–Kier alpha value is -2.60. The van der Waals surface area contributed by atoms with Crippen LogP contribution in [0.15, 0.2) is 72.8 Å². The second-order valence-electron chi connectivity index (χ2n) is 5.46. The molecule has 0 saturated carbocycles. The fraction of sp³-hybridized carbons (Fsp3) is 0. The number of benzene rings is 3. The molecule has 92 valence electrons. The van der Waals surface area contributed by atoms with E-state index in [1.165, 1.54) is 42.8 Å². The summed E-state index contributed by atoms with van der Waals surface area (Å²) in [6.45, 7) is 0. The molecule has 0 aromatic heterocycles. The molecule has 0 amide bonds. The Kier molecular flexibility index (Phi) is 1.78. The Bertz CT molecular complexity index is 1140. The third kappa shape index (κ3) is 1.16. The molecular weight excluding hydrogens is 240 g/mol. The van der Waals surface area contributed by atoms with Crippen molar-refractivity contribution < 1.29 is 0 Å². The van der Waals surface area contributed by atoms with Gasteiger partial charge in [-0.1, -0.05) is 60.7 Å². The molecule has 0 saturated heterocycles. The van der Waals surface area contributed by atoms with E-state index in [1.54, 1.807) is 0 Å². The van der Waals surface area contributed by atoms with Crippen molar-refractivity contribution in [2.75, 3.05) is 0 Å². The van der Waals surface area contributed by atoms with Crippen LogP contribution in [-0.2, 0) is 0 Å². The zero-order valence-electron chi connectivity index (χ0n) is 10.9. The second kappa shape index (κ2) is 3.49. The van der Waals surface area contributed by atoms with Gasteiger partial charge in [0.15, 0.2) is 0 Å². The number of fused-ring (bicyclic) bond motifs is 2. The summed E-state index contributed by atoms with van der Waals surface area (Å²) in [6, 6.07) is 26.5. The van der Waals surface area contributed by atoms with E-state index in [4.69, 9.17) is 0 Å². The lowest BCUT2D eigenvalue weighted by molar-refractivity contribution is 1.71. The summed E-state index contributed by atoms with van der Waals surface area (Å²) in [5, 5.41) is 10.8. The van der Waals surface area contributed by atoms with Gasteiger partial charge < -0.3 is 0 Å². The normalized spacial score (nSPS) is 12.0. The minimum absolute atomic E-state index is 1.31. The van der Waals surface area contributed by atoms with Gasteiger partial charge in [0.25, 0.3) is 0 Å². The summed E-state index contributed by atoms with van der Waals surface area (Å²) >= 11 is 0. The molecule has 0 spiro atoms. The molecule has 0 bridgehead atoms. The molecule has 0 heterocycles. The molecule has 20 heavy (non-hydrogen) atoms. The largest absolute Gasteiger partial charge is 0.0616 e. The lowest BCUT2D eigenvalue weighted by Gasteiger charge is -1.96. The van der Waals surface area contributed by atoms with Gasteiger partial charge in [-0.05, 0) is 54.9 Å². The van der Waals surface area contributed by atoms with Crippen LogP contribution in [0.4, 0.5) is 0 Å². The van der Waals surface area contributed by atoms with E-state index in [-0.39, 0.29) is 0 Å². The maximum atomic E-state index is 2.32. The minimum atomic E-state index is 1.31. The number of hydrogen-bond donors (Lipinski definition) is 0. The molecule has 0 radical (unpaired) electrons. The van der Waals surface area contributed by atoms with E-state index in [0.29, 0.717) is 0 Å². The average Bonchev–Trinajstić information content (AvgIpc) is 2.79. The zero-order valence-corrected chi connectivity index (χ0v) is 10.9. The van der Waals surface area contributed by atoms with Gasteiger partial charge in [0.2, 0.25) is 0 Å². The molecule has 3 aromatic carbocycles. The maximum Gasteiger partial charge on any atom is -0.00204 e.